The molecule has 0 spiro atoms. The highest BCUT2D eigenvalue weighted by Gasteiger charge is 2.08. The summed E-state index contributed by atoms with van der Waals surface area (Å²) in [4.78, 5) is 7.29. The highest BCUT2D eigenvalue weighted by molar-refractivity contribution is 7.99. The summed E-state index contributed by atoms with van der Waals surface area (Å²) in [5.74, 6) is 0. The van der Waals surface area contributed by atoms with Crippen LogP contribution in [0.15, 0.2) is 88.1 Å². The van der Waals surface area contributed by atoms with Crippen molar-refractivity contribution >= 4 is 23.0 Å². The van der Waals surface area contributed by atoms with Crippen LogP contribution in [0.25, 0.3) is 5.57 Å². The van der Waals surface area contributed by atoms with Crippen molar-refractivity contribution in [2.75, 3.05) is 6.54 Å². The molecule has 2 rings (SSSR count). The minimum absolute atomic E-state index is 0.685. The normalized spacial score (nSPS) is 11.4. The second kappa shape index (κ2) is 11.6. The van der Waals surface area contributed by atoms with E-state index < -0.39 is 0 Å². The Morgan fingerprint density at radius 3 is 2.19 bits per heavy atom. The summed E-state index contributed by atoms with van der Waals surface area (Å²) in [6, 6.07) is 19.1. The second-order valence-corrected chi connectivity index (χ2v) is 8.10. The molecule has 142 valence electrons. The lowest BCUT2D eigenvalue weighted by Crippen LogP contribution is -2.03. The van der Waals surface area contributed by atoms with E-state index in [-0.39, 0.29) is 0 Å². The highest BCUT2D eigenvalue weighted by Crippen LogP contribution is 2.29. The minimum atomic E-state index is 0.685. The summed E-state index contributed by atoms with van der Waals surface area (Å²) in [6.45, 7) is 13.3. The Bertz CT molecular complexity index is 757. The molecule has 1 nitrogen and oxygen atoms in total. The number of hydrogen-bond donors (Lipinski definition) is 0. The number of rotatable bonds is 11. The van der Waals surface area contributed by atoms with Gasteiger partial charge in [0, 0.05) is 15.5 Å². The van der Waals surface area contributed by atoms with Gasteiger partial charge in [-0.2, -0.15) is 0 Å². The van der Waals surface area contributed by atoms with Gasteiger partial charge in [-0.3, -0.25) is 4.99 Å². The predicted molar refractivity (Wildman–Crippen MR) is 122 cm³/mol. The molecule has 2 heteroatoms. The summed E-state index contributed by atoms with van der Waals surface area (Å²) < 4.78 is 0. The van der Waals surface area contributed by atoms with Crippen LogP contribution in [0.3, 0.4) is 0 Å². The average Bonchev–Trinajstić information content (AvgIpc) is 2.68. The lowest BCUT2D eigenvalue weighted by Gasteiger charge is -2.12. The van der Waals surface area contributed by atoms with Crippen LogP contribution in [0.2, 0.25) is 0 Å². The third-order valence-corrected chi connectivity index (χ3v) is 5.35. The quantitative estimate of drug-likeness (QED) is 0.221. The minimum Gasteiger partial charge on any atom is -0.285 e. The first-order valence-electron chi connectivity index (χ1n) is 9.80. The van der Waals surface area contributed by atoms with Crippen molar-refractivity contribution in [3.8, 4) is 0 Å². The number of hydrogen-bond acceptors (Lipinski definition) is 2. The van der Waals surface area contributed by atoms with E-state index in [0.717, 1.165) is 28.8 Å². The fourth-order valence-corrected chi connectivity index (χ4v) is 3.63. The summed E-state index contributed by atoms with van der Waals surface area (Å²) >= 11 is 1.78. The van der Waals surface area contributed by atoms with Crippen LogP contribution < -0.4 is 0 Å². The first-order chi connectivity index (χ1) is 13.1. The van der Waals surface area contributed by atoms with Crippen molar-refractivity contribution in [1.82, 2.24) is 0 Å². The van der Waals surface area contributed by atoms with Gasteiger partial charge in [-0.1, -0.05) is 87.0 Å². The van der Waals surface area contributed by atoms with Gasteiger partial charge >= 0.3 is 0 Å². The van der Waals surface area contributed by atoms with Gasteiger partial charge in [0.2, 0.25) is 0 Å². The van der Waals surface area contributed by atoms with E-state index in [0.29, 0.717) is 6.54 Å². The summed E-state index contributed by atoms with van der Waals surface area (Å²) in [6.07, 6.45) is 5.95. The number of aliphatic imine (C=N–C) groups is 1. The lowest BCUT2D eigenvalue weighted by molar-refractivity contribution is 0.683. The smallest absolute Gasteiger partial charge is 0.0597 e. The van der Waals surface area contributed by atoms with E-state index >= 15 is 0 Å². The standard InChI is InChI=1S/C25H31NS/c1-5-6-7-11-14-25(26-19-20(2)3)21(4)22-15-17-24(18-16-22)27-23-12-9-8-10-13-23/h8-10,12-13,15-18H,2,4-7,11,14,19H2,1,3H3/b26-25-. The van der Waals surface area contributed by atoms with Crippen molar-refractivity contribution in [1.29, 1.82) is 0 Å². The average molecular weight is 378 g/mol. The molecule has 2 aromatic rings. The van der Waals surface area contributed by atoms with Gasteiger partial charge in [0.05, 0.1) is 6.54 Å². The molecule has 0 fully saturated rings. The molecule has 0 amide bonds. The number of nitrogens with zero attached hydrogens (tertiary/aromatic N) is 1. The van der Waals surface area contributed by atoms with Crippen molar-refractivity contribution in [2.24, 2.45) is 4.99 Å². The molecule has 0 aliphatic carbocycles. The molecule has 0 bridgehead atoms. The van der Waals surface area contributed by atoms with E-state index in [1.807, 2.05) is 13.0 Å². The molecule has 0 aliphatic rings. The molecule has 0 radical (unpaired) electrons. The molecular weight excluding hydrogens is 346 g/mol. The maximum Gasteiger partial charge on any atom is 0.0597 e. The Balaban J connectivity index is 2.06. The van der Waals surface area contributed by atoms with E-state index in [1.165, 1.54) is 35.5 Å². The van der Waals surface area contributed by atoms with Crippen LogP contribution in [-0.2, 0) is 0 Å². The molecule has 0 N–H and O–H groups in total. The number of allylic oxidation sites excluding steroid dienone is 1. The van der Waals surface area contributed by atoms with Crippen molar-refractivity contribution in [2.45, 2.75) is 55.7 Å². The first-order valence-corrected chi connectivity index (χ1v) is 10.6. The topological polar surface area (TPSA) is 12.4 Å². The molecule has 27 heavy (non-hydrogen) atoms. The molecule has 0 saturated carbocycles. The van der Waals surface area contributed by atoms with Crippen LogP contribution >= 0.6 is 11.8 Å². The van der Waals surface area contributed by atoms with Gasteiger partial charge in [-0.05, 0) is 55.2 Å². The van der Waals surface area contributed by atoms with Gasteiger partial charge in [-0.25, -0.2) is 0 Å². The Hall–Kier alpha value is -2.06. The summed E-state index contributed by atoms with van der Waals surface area (Å²) in [5, 5.41) is 0. The zero-order chi connectivity index (χ0) is 19.5. The zero-order valence-corrected chi connectivity index (χ0v) is 17.5. The molecule has 0 aliphatic heterocycles. The Morgan fingerprint density at radius 2 is 1.56 bits per heavy atom. The van der Waals surface area contributed by atoms with Crippen LogP contribution in [-0.4, -0.2) is 12.3 Å². The maximum atomic E-state index is 4.80. The molecule has 0 unspecified atom stereocenters. The fourth-order valence-electron chi connectivity index (χ4n) is 2.79. The van der Waals surface area contributed by atoms with Gasteiger partial charge in [-0.15, -0.1) is 0 Å². The third-order valence-electron chi connectivity index (χ3n) is 4.34. The number of benzene rings is 2. The van der Waals surface area contributed by atoms with Crippen LogP contribution in [0.1, 0.15) is 51.5 Å². The van der Waals surface area contributed by atoms with E-state index in [1.54, 1.807) is 11.8 Å². The van der Waals surface area contributed by atoms with E-state index in [4.69, 9.17) is 4.99 Å². The van der Waals surface area contributed by atoms with Crippen LogP contribution in [0.4, 0.5) is 0 Å². The lowest BCUT2D eigenvalue weighted by atomic mass is 9.98. The molecule has 2 aromatic carbocycles. The maximum absolute atomic E-state index is 4.80. The molecule has 0 heterocycles. The Labute approximate surface area is 169 Å². The SMILES string of the molecule is C=C(C)C/N=C(/CCCCCC)C(=C)c1ccc(Sc2ccccc2)cc1. The molecule has 0 atom stereocenters. The van der Waals surface area contributed by atoms with Crippen LogP contribution in [0, 0.1) is 0 Å². The molecule has 0 saturated heterocycles. The second-order valence-electron chi connectivity index (χ2n) is 6.95. The van der Waals surface area contributed by atoms with Crippen LogP contribution in [0.5, 0.6) is 0 Å². The monoisotopic (exact) mass is 377 g/mol. The first kappa shape index (κ1) is 21.2. The van der Waals surface area contributed by atoms with Gasteiger partial charge in [0.15, 0.2) is 0 Å². The molecule has 0 aromatic heterocycles. The summed E-state index contributed by atoms with van der Waals surface area (Å²) in [5.41, 5.74) is 4.41. The predicted octanol–water partition coefficient (Wildman–Crippen LogP) is 7.84. The molecular formula is C25H31NS. The van der Waals surface area contributed by atoms with Crippen molar-refractivity contribution < 1.29 is 0 Å². The largest absolute Gasteiger partial charge is 0.285 e. The van der Waals surface area contributed by atoms with Gasteiger partial charge < -0.3 is 0 Å². The summed E-state index contributed by atoms with van der Waals surface area (Å²) in [7, 11) is 0. The van der Waals surface area contributed by atoms with E-state index in [2.05, 4.69) is 68.6 Å². The van der Waals surface area contributed by atoms with E-state index in [9.17, 15) is 0 Å². The Kier molecular flexibility index (Phi) is 9.13. The van der Waals surface area contributed by atoms with Crippen molar-refractivity contribution in [3.05, 3.63) is 78.9 Å². The zero-order valence-electron chi connectivity index (χ0n) is 16.7. The van der Waals surface area contributed by atoms with Crippen molar-refractivity contribution in [3.63, 3.8) is 0 Å². The fraction of sp³-hybridized carbons (Fsp3) is 0.320. The van der Waals surface area contributed by atoms with Gasteiger partial charge in [0.25, 0.3) is 0 Å². The number of unbranched alkanes of at least 4 members (excludes halogenated alkanes) is 3. The third kappa shape index (κ3) is 7.60. The Morgan fingerprint density at radius 1 is 0.889 bits per heavy atom. The highest BCUT2D eigenvalue weighted by atomic mass is 32.2. The van der Waals surface area contributed by atoms with Gasteiger partial charge in [0.1, 0.15) is 0 Å².